The molecule has 2 heterocycles. The molecule has 0 atom stereocenters. The molecule has 1 aromatic heterocycles. The van der Waals surface area contributed by atoms with Gasteiger partial charge in [0, 0.05) is 12.5 Å². The first-order valence-corrected chi connectivity index (χ1v) is 7.32. The van der Waals surface area contributed by atoms with Crippen LogP contribution >= 0.6 is 0 Å². The second-order valence-electron chi connectivity index (χ2n) is 6.80. The van der Waals surface area contributed by atoms with E-state index in [9.17, 15) is 13.2 Å². The Labute approximate surface area is 132 Å². The molecule has 0 N–H and O–H groups in total. The fraction of sp³-hybridized carbons (Fsp3) is 0.533. The molecule has 0 aliphatic carbocycles. The molecule has 1 aromatic carbocycles. The number of benzene rings is 1. The smallest absolute Gasteiger partial charge is 0.399 e. The minimum Gasteiger partial charge on any atom is -0.399 e. The van der Waals surface area contributed by atoms with Crippen molar-refractivity contribution in [3.63, 3.8) is 0 Å². The molecule has 0 bridgehead atoms. The van der Waals surface area contributed by atoms with Crippen LogP contribution < -0.4 is 5.46 Å². The standard InChI is InChI=1S/C15H18BF3N2O2/c1-13(2)14(3,4)23-16(22-13)9-7-6-8-10-11(9)20-12(21(10)5)15(17,18)19/h6-8H,1-5H3. The Bertz CT molecular complexity index is 752. The van der Waals surface area contributed by atoms with Crippen LogP contribution in [0, 0.1) is 0 Å². The van der Waals surface area contributed by atoms with Crippen LogP contribution in [0.2, 0.25) is 0 Å². The van der Waals surface area contributed by atoms with E-state index in [1.165, 1.54) is 7.05 Å². The quantitative estimate of drug-likeness (QED) is 0.756. The highest BCUT2D eigenvalue weighted by Crippen LogP contribution is 2.37. The normalized spacial score (nSPS) is 20.4. The van der Waals surface area contributed by atoms with Crippen LogP contribution in [0.3, 0.4) is 0 Å². The van der Waals surface area contributed by atoms with Crippen molar-refractivity contribution in [1.82, 2.24) is 9.55 Å². The number of nitrogens with zero attached hydrogens (tertiary/aromatic N) is 2. The second-order valence-corrected chi connectivity index (χ2v) is 6.80. The van der Waals surface area contributed by atoms with Gasteiger partial charge in [-0.05, 0) is 33.8 Å². The summed E-state index contributed by atoms with van der Waals surface area (Å²) in [5.41, 5.74) is 0.0146. The van der Waals surface area contributed by atoms with Gasteiger partial charge in [0.2, 0.25) is 5.82 Å². The topological polar surface area (TPSA) is 36.3 Å². The average molecular weight is 326 g/mol. The molecule has 4 nitrogen and oxygen atoms in total. The summed E-state index contributed by atoms with van der Waals surface area (Å²) in [5.74, 6) is -0.934. The van der Waals surface area contributed by atoms with Crippen LogP contribution in [-0.4, -0.2) is 27.9 Å². The van der Waals surface area contributed by atoms with Crippen LogP contribution in [0.5, 0.6) is 0 Å². The van der Waals surface area contributed by atoms with Crippen molar-refractivity contribution in [2.75, 3.05) is 0 Å². The first kappa shape index (κ1) is 16.3. The lowest BCUT2D eigenvalue weighted by molar-refractivity contribution is -0.146. The van der Waals surface area contributed by atoms with Crippen molar-refractivity contribution >= 4 is 23.6 Å². The molecule has 1 aliphatic heterocycles. The predicted molar refractivity (Wildman–Crippen MR) is 81.4 cm³/mol. The molecule has 2 aromatic rings. The first-order valence-electron chi connectivity index (χ1n) is 7.32. The molecule has 1 saturated heterocycles. The highest BCUT2D eigenvalue weighted by molar-refractivity contribution is 6.64. The van der Waals surface area contributed by atoms with Crippen LogP contribution in [-0.2, 0) is 22.5 Å². The summed E-state index contributed by atoms with van der Waals surface area (Å²) in [4.78, 5) is 3.80. The summed E-state index contributed by atoms with van der Waals surface area (Å²) >= 11 is 0. The number of hydrogen-bond donors (Lipinski definition) is 0. The number of fused-ring (bicyclic) bond motifs is 1. The Morgan fingerprint density at radius 2 is 1.65 bits per heavy atom. The molecule has 0 spiro atoms. The maximum absolute atomic E-state index is 13.1. The number of aryl methyl sites for hydroxylation is 1. The van der Waals surface area contributed by atoms with Gasteiger partial charge in [0.1, 0.15) is 0 Å². The number of imidazole rings is 1. The largest absolute Gasteiger partial charge is 0.497 e. The van der Waals surface area contributed by atoms with Crippen molar-refractivity contribution in [2.24, 2.45) is 7.05 Å². The second kappa shape index (κ2) is 4.74. The fourth-order valence-electron chi connectivity index (χ4n) is 2.65. The number of halogens is 3. The summed E-state index contributed by atoms with van der Waals surface area (Å²) in [6.45, 7) is 7.58. The molecule has 3 rings (SSSR count). The zero-order valence-electron chi connectivity index (χ0n) is 13.7. The molecule has 23 heavy (non-hydrogen) atoms. The zero-order chi connectivity index (χ0) is 17.2. The van der Waals surface area contributed by atoms with Gasteiger partial charge in [-0.25, -0.2) is 4.98 Å². The summed E-state index contributed by atoms with van der Waals surface area (Å²) in [6, 6.07) is 4.98. The van der Waals surface area contributed by atoms with Crippen LogP contribution in [0.25, 0.3) is 11.0 Å². The molecule has 124 valence electrons. The number of hydrogen-bond acceptors (Lipinski definition) is 3. The summed E-state index contributed by atoms with van der Waals surface area (Å²) in [5, 5.41) is 0. The molecule has 0 saturated carbocycles. The highest BCUT2D eigenvalue weighted by atomic mass is 19.4. The lowest BCUT2D eigenvalue weighted by atomic mass is 9.78. The molecule has 1 fully saturated rings. The Morgan fingerprint density at radius 1 is 1.09 bits per heavy atom. The van der Waals surface area contributed by atoms with E-state index in [-0.39, 0.29) is 5.52 Å². The Hall–Kier alpha value is -1.54. The van der Waals surface area contributed by atoms with Gasteiger partial charge in [-0.15, -0.1) is 0 Å². The van der Waals surface area contributed by atoms with E-state index in [1.54, 1.807) is 18.2 Å². The molecule has 1 aliphatic rings. The maximum atomic E-state index is 13.1. The predicted octanol–water partition coefficient (Wildman–Crippen LogP) is 2.89. The van der Waals surface area contributed by atoms with Gasteiger partial charge in [0.15, 0.2) is 0 Å². The van der Waals surface area contributed by atoms with E-state index in [0.29, 0.717) is 11.0 Å². The number of rotatable bonds is 1. The van der Waals surface area contributed by atoms with E-state index < -0.39 is 30.3 Å². The van der Waals surface area contributed by atoms with Crippen molar-refractivity contribution < 1.29 is 22.5 Å². The lowest BCUT2D eigenvalue weighted by Crippen LogP contribution is -2.41. The third-order valence-electron chi connectivity index (χ3n) is 4.70. The van der Waals surface area contributed by atoms with Crippen molar-refractivity contribution in [2.45, 2.75) is 45.1 Å². The lowest BCUT2D eigenvalue weighted by Gasteiger charge is -2.32. The van der Waals surface area contributed by atoms with E-state index in [4.69, 9.17) is 9.31 Å². The first-order chi connectivity index (χ1) is 10.4. The molecule has 0 radical (unpaired) electrons. The number of alkyl halides is 3. The van der Waals surface area contributed by atoms with E-state index in [2.05, 4.69) is 4.98 Å². The monoisotopic (exact) mass is 326 g/mol. The van der Waals surface area contributed by atoms with E-state index in [1.807, 2.05) is 27.7 Å². The van der Waals surface area contributed by atoms with Gasteiger partial charge in [0.05, 0.1) is 22.2 Å². The molecular weight excluding hydrogens is 308 g/mol. The molecule has 0 unspecified atom stereocenters. The Balaban J connectivity index is 2.14. The van der Waals surface area contributed by atoms with Gasteiger partial charge >= 0.3 is 13.3 Å². The van der Waals surface area contributed by atoms with Crippen LogP contribution in [0.4, 0.5) is 13.2 Å². The van der Waals surface area contributed by atoms with Gasteiger partial charge in [-0.1, -0.05) is 12.1 Å². The van der Waals surface area contributed by atoms with Crippen molar-refractivity contribution in [3.05, 3.63) is 24.0 Å². The SMILES string of the molecule is Cn1c(C(F)(F)F)nc2c(B3OC(C)(C)C(C)(C)O3)cccc21. The van der Waals surface area contributed by atoms with Gasteiger partial charge < -0.3 is 13.9 Å². The van der Waals surface area contributed by atoms with E-state index >= 15 is 0 Å². The van der Waals surface area contributed by atoms with Crippen LogP contribution in [0.1, 0.15) is 33.5 Å². The van der Waals surface area contributed by atoms with Gasteiger partial charge in [0.25, 0.3) is 0 Å². The fourth-order valence-corrected chi connectivity index (χ4v) is 2.65. The molecular formula is C15H18BF3N2O2. The number of aromatic nitrogens is 2. The van der Waals surface area contributed by atoms with Gasteiger partial charge in [-0.2, -0.15) is 13.2 Å². The maximum Gasteiger partial charge on any atom is 0.497 e. The Kier molecular flexibility index (Phi) is 3.36. The molecule has 8 heteroatoms. The van der Waals surface area contributed by atoms with Crippen LogP contribution in [0.15, 0.2) is 18.2 Å². The molecule has 0 amide bonds. The summed E-state index contributed by atoms with van der Waals surface area (Å²) in [7, 11) is 0.603. The summed E-state index contributed by atoms with van der Waals surface area (Å²) in [6.07, 6.45) is -4.51. The third-order valence-corrected chi connectivity index (χ3v) is 4.70. The minimum absolute atomic E-state index is 0.251. The highest BCUT2D eigenvalue weighted by Gasteiger charge is 2.52. The summed E-state index contributed by atoms with van der Waals surface area (Å²) < 4.78 is 52.2. The minimum atomic E-state index is -4.51. The average Bonchev–Trinajstić information content (AvgIpc) is 2.84. The van der Waals surface area contributed by atoms with E-state index in [0.717, 1.165) is 4.57 Å². The van der Waals surface area contributed by atoms with Gasteiger partial charge in [-0.3, -0.25) is 0 Å². The van der Waals surface area contributed by atoms with Crippen molar-refractivity contribution in [3.8, 4) is 0 Å². The number of para-hydroxylation sites is 1. The van der Waals surface area contributed by atoms with Crippen molar-refractivity contribution in [1.29, 1.82) is 0 Å². The third kappa shape index (κ3) is 2.44. The zero-order valence-corrected chi connectivity index (χ0v) is 13.7. The Morgan fingerprint density at radius 3 is 2.17 bits per heavy atom.